The summed E-state index contributed by atoms with van der Waals surface area (Å²) in [6.45, 7) is 6.09. The third-order valence-corrected chi connectivity index (χ3v) is 4.22. The van der Waals surface area contributed by atoms with E-state index in [1.165, 1.54) is 15.6 Å². The maximum Gasteiger partial charge on any atom is 0.343 e. The lowest BCUT2D eigenvalue weighted by molar-refractivity contribution is 0.0527. The summed E-state index contributed by atoms with van der Waals surface area (Å²) in [5.74, 6) is -0.0201. The van der Waals surface area contributed by atoms with E-state index in [0.717, 1.165) is 16.9 Å². The van der Waals surface area contributed by atoms with Gasteiger partial charge >= 0.3 is 5.97 Å². The van der Waals surface area contributed by atoms with Gasteiger partial charge < -0.3 is 14.8 Å². The van der Waals surface area contributed by atoms with Gasteiger partial charge in [0.05, 0.1) is 12.8 Å². The SMILES string of the molecule is CCOC(=O)c1cnn(C)c1NC(=O)c1ccn(COc2ccc(C)cc2C)n1. The predicted octanol–water partition coefficient (Wildman–Crippen LogP) is 2.70. The van der Waals surface area contributed by atoms with Crippen LogP contribution < -0.4 is 10.1 Å². The molecule has 9 nitrogen and oxygen atoms in total. The molecule has 1 aromatic carbocycles. The molecular formula is C20H23N5O4. The Labute approximate surface area is 168 Å². The average molecular weight is 397 g/mol. The molecule has 0 saturated carbocycles. The number of aromatic nitrogens is 4. The lowest BCUT2D eigenvalue weighted by Gasteiger charge is -2.09. The van der Waals surface area contributed by atoms with Gasteiger partial charge in [0.1, 0.15) is 17.1 Å². The van der Waals surface area contributed by atoms with Crippen molar-refractivity contribution in [1.29, 1.82) is 0 Å². The highest BCUT2D eigenvalue weighted by Crippen LogP contribution is 2.19. The number of nitrogens with zero attached hydrogens (tertiary/aromatic N) is 4. The van der Waals surface area contributed by atoms with Gasteiger partial charge in [-0.25, -0.2) is 9.48 Å². The first-order valence-corrected chi connectivity index (χ1v) is 9.13. The summed E-state index contributed by atoms with van der Waals surface area (Å²) in [6, 6.07) is 7.48. The van der Waals surface area contributed by atoms with E-state index >= 15 is 0 Å². The Morgan fingerprint density at radius 3 is 2.72 bits per heavy atom. The van der Waals surface area contributed by atoms with E-state index in [2.05, 4.69) is 15.5 Å². The zero-order chi connectivity index (χ0) is 21.0. The van der Waals surface area contributed by atoms with E-state index in [1.54, 1.807) is 26.2 Å². The smallest absolute Gasteiger partial charge is 0.343 e. The van der Waals surface area contributed by atoms with Crippen molar-refractivity contribution >= 4 is 17.7 Å². The third kappa shape index (κ3) is 4.63. The molecular weight excluding hydrogens is 374 g/mol. The average Bonchev–Trinajstić information content (AvgIpc) is 3.29. The summed E-state index contributed by atoms with van der Waals surface area (Å²) >= 11 is 0. The molecule has 2 aromatic heterocycles. The number of aryl methyl sites for hydroxylation is 3. The Morgan fingerprint density at radius 1 is 1.21 bits per heavy atom. The molecule has 0 radical (unpaired) electrons. The predicted molar refractivity (Wildman–Crippen MR) is 106 cm³/mol. The van der Waals surface area contributed by atoms with Gasteiger partial charge in [0, 0.05) is 13.2 Å². The molecule has 9 heteroatoms. The van der Waals surface area contributed by atoms with E-state index < -0.39 is 11.9 Å². The van der Waals surface area contributed by atoms with Gasteiger partial charge in [0.15, 0.2) is 12.4 Å². The number of rotatable bonds is 7. The largest absolute Gasteiger partial charge is 0.471 e. The molecule has 0 saturated heterocycles. The number of hydrogen-bond donors (Lipinski definition) is 1. The first kappa shape index (κ1) is 20.1. The summed E-state index contributed by atoms with van der Waals surface area (Å²) in [7, 11) is 1.62. The Morgan fingerprint density at radius 2 is 2.00 bits per heavy atom. The van der Waals surface area contributed by atoms with Crippen LogP contribution in [0.4, 0.5) is 5.82 Å². The van der Waals surface area contributed by atoms with Crippen LogP contribution in [0.25, 0.3) is 0 Å². The fourth-order valence-corrected chi connectivity index (χ4v) is 2.77. The Balaban J connectivity index is 1.67. The van der Waals surface area contributed by atoms with Crippen LogP contribution >= 0.6 is 0 Å². The van der Waals surface area contributed by atoms with Crippen molar-refractivity contribution in [3.63, 3.8) is 0 Å². The van der Waals surface area contributed by atoms with Gasteiger partial charge in [0.25, 0.3) is 5.91 Å². The van der Waals surface area contributed by atoms with Gasteiger partial charge in [-0.15, -0.1) is 0 Å². The molecule has 0 bridgehead atoms. The Kier molecular flexibility index (Phi) is 5.96. The maximum absolute atomic E-state index is 12.6. The van der Waals surface area contributed by atoms with Crippen LogP contribution in [0.3, 0.4) is 0 Å². The van der Waals surface area contributed by atoms with E-state index in [9.17, 15) is 9.59 Å². The number of nitrogens with one attached hydrogen (secondary N) is 1. The zero-order valence-corrected chi connectivity index (χ0v) is 16.8. The molecule has 1 N–H and O–H groups in total. The van der Waals surface area contributed by atoms with E-state index in [1.807, 2.05) is 32.0 Å². The quantitative estimate of drug-likeness (QED) is 0.615. The maximum atomic E-state index is 12.6. The summed E-state index contributed by atoms with van der Waals surface area (Å²) in [5.41, 5.74) is 2.55. The molecule has 29 heavy (non-hydrogen) atoms. The number of ether oxygens (including phenoxy) is 2. The van der Waals surface area contributed by atoms with Crippen LogP contribution in [0, 0.1) is 13.8 Å². The second-order valence-corrected chi connectivity index (χ2v) is 6.49. The number of amides is 1. The Hall–Kier alpha value is -3.62. The van der Waals surface area contributed by atoms with E-state index in [4.69, 9.17) is 9.47 Å². The second-order valence-electron chi connectivity index (χ2n) is 6.49. The molecule has 0 atom stereocenters. The standard InChI is InChI=1S/C20H23N5O4/c1-5-28-20(27)15-11-21-24(4)18(15)22-19(26)16-8-9-25(23-16)12-29-17-7-6-13(2)10-14(17)3/h6-11H,5,12H2,1-4H3,(H,22,26). The summed E-state index contributed by atoms with van der Waals surface area (Å²) < 4.78 is 13.7. The van der Waals surface area contributed by atoms with Gasteiger partial charge in [-0.2, -0.15) is 10.2 Å². The number of anilines is 1. The zero-order valence-electron chi connectivity index (χ0n) is 16.8. The van der Waals surface area contributed by atoms with Crippen molar-refractivity contribution in [2.45, 2.75) is 27.5 Å². The van der Waals surface area contributed by atoms with Crippen molar-refractivity contribution in [3.8, 4) is 5.75 Å². The molecule has 1 amide bonds. The van der Waals surface area contributed by atoms with Crippen LogP contribution in [0.1, 0.15) is 38.9 Å². The minimum absolute atomic E-state index is 0.164. The molecule has 152 valence electrons. The normalized spacial score (nSPS) is 10.6. The van der Waals surface area contributed by atoms with Crippen molar-refractivity contribution in [1.82, 2.24) is 19.6 Å². The van der Waals surface area contributed by atoms with Crippen LogP contribution in [0.5, 0.6) is 5.75 Å². The summed E-state index contributed by atoms with van der Waals surface area (Å²) in [5, 5.41) is 10.9. The lowest BCUT2D eigenvalue weighted by atomic mass is 10.1. The fourth-order valence-electron chi connectivity index (χ4n) is 2.77. The molecule has 3 rings (SSSR count). The van der Waals surface area contributed by atoms with Crippen LogP contribution in [0.2, 0.25) is 0 Å². The number of carbonyl (C=O) groups excluding carboxylic acids is 2. The molecule has 0 aliphatic rings. The van der Waals surface area contributed by atoms with Crippen molar-refractivity contribution in [2.24, 2.45) is 7.05 Å². The number of carbonyl (C=O) groups is 2. The minimum Gasteiger partial charge on any atom is -0.471 e. The van der Waals surface area contributed by atoms with Crippen LogP contribution in [-0.2, 0) is 18.5 Å². The molecule has 0 spiro atoms. The monoisotopic (exact) mass is 397 g/mol. The van der Waals surface area contributed by atoms with Gasteiger partial charge in [-0.3, -0.25) is 9.48 Å². The Bertz CT molecular complexity index is 1040. The topological polar surface area (TPSA) is 100 Å². The van der Waals surface area contributed by atoms with Crippen molar-refractivity contribution in [2.75, 3.05) is 11.9 Å². The highest BCUT2D eigenvalue weighted by molar-refractivity contribution is 6.06. The number of esters is 1. The number of hydrogen-bond acceptors (Lipinski definition) is 6. The molecule has 0 unspecified atom stereocenters. The summed E-state index contributed by atoms with van der Waals surface area (Å²) in [4.78, 5) is 24.6. The molecule has 3 aromatic rings. The van der Waals surface area contributed by atoms with Crippen LogP contribution in [-0.4, -0.2) is 38.0 Å². The van der Waals surface area contributed by atoms with Gasteiger partial charge in [-0.05, 0) is 38.5 Å². The van der Waals surface area contributed by atoms with Crippen molar-refractivity contribution < 1.29 is 19.1 Å². The summed E-state index contributed by atoms with van der Waals surface area (Å²) in [6.07, 6.45) is 3.00. The minimum atomic E-state index is -0.553. The third-order valence-electron chi connectivity index (χ3n) is 4.22. The van der Waals surface area contributed by atoms with E-state index in [-0.39, 0.29) is 30.4 Å². The molecule has 0 aliphatic heterocycles. The van der Waals surface area contributed by atoms with Gasteiger partial charge in [-0.1, -0.05) is 17.7 Å². The van der Waals surface area contributed by atoms with Gasteiger partial charge in [0.2, 0.25) is 0 Å². The molecule has 0 aliphatic carbocycles. The molecule has 2 heterocycles. The highest BCUT2D eigenvalue weighted by Gasteiger charge is 2.20. The highest BCUT2D eigenvalue weighted by atomic mass is 16.5. The fraction of sp³-hybridized carbons (Fsp3) is 0.300. The number of benzene rings is 1. The first-order chi connectivity index (χ1) is 13.9. The van der Waals surface area contributed by atoms with Crippen molar-refractivity contribution in [3.05, 3.63) is 59.0 Å². The van der Waals surface area contributed by atoms with E-state index in [0.29, 0.717) is 0 Å². The lowest BCUT2D eigenvalue weighted by Crippen LogP contribution is -2.18. The van der Waals surface area contributed by atoms with Crippen LogP contribution in [0.15, 0.2) is 36.7 Å². The molecule has 0 fully saturated rings. The first-order valence-electron chi connectivity index (χ1n) is 9.13. The second kappa shape index (κ2) is 8.59.